The normalized spacial score (nSPS) is 10.0. The lowest BCUT2D eigenvalue weighted by Crippen LogP contribution is -2.28. The summed E-state index contributed by atoms with van der Waals surface area (Å²) in [6.45, 7) is 3.87. The lowest BCUT2D eigenvalue weighted by atomic mass is 10.3. The number of nitrogens with zero attached hydrogens (tertiary/aromatic N) is 3. The minimum atomic E-state index is -1.14. The molecule has 0 spiro atoms. The summed E-state index contributed by atoms with van der Waals surface area (Å²) in [6, 6.07) is 0. The summed E-state index contributed by atoms with van der Waals surface area (Å²) in [4.78, 5) is 21.8. The average Bonchev–Trinajstić information content (AvgIpc) is 2.48. The van der Waals surface area contributed by atoms with Crippen molar-refractivity contribution in [2.45, 2.75) is 20.4 Å². The van der Waals surface area contributed by atoms with Gasteiger partial charge in [0.25, 0.3) is 0 Å². The van der Waals surface area contributed by atoms with E-state index in [1.807, 2.05) is 0 Å². The Morgan fingerprint density at radius 1 is 1.53 bits per heavy atom. The smallest absolute Gasteiger partial charge is 0.358 e. The third-order valence-corrected chi connectivity index (χ3v) is 1.85. The molecule has 82 valence electrons. The summed E-state index contributed by atoms with van der Waals surface area (Å²) in [7, 11) is 0. The molecule has 0 saturated carbocycles. The van der Waals surface area contributed by atoms with Crippen molar-refractivity contribution < 1.29 is 14.7 Å². The zero-order valence-corrected chi connectivity index (χ0v) is 8.52. The molecule has 0 bridgehead atoms. The number of aromatic carboxylic acids is 1. The van der Waals surface area contributed by atoms with Crippen LogP contribution in [0.3, 0.4) is 0 Å². The molecule has 0 aromatic carbocycles. The molecular formula is C8H12N4O3. The molecule has 2 N–H and O–H groups in total. The molecular weight excluding hydrogens is 200 g/mol. The summed E-state index contributed by atoms with van der Waals surface area (Å²) in [5.41, 5.74) is 0.244. The number of aromatic nitrogens is 3. The van der Waals surface area contributed by atoms with Crippen molar-refractivity contribution in [3.63, 3.8) is 0 Å². The Kier molecular flexibility index (Phi) is 3.37. The quantitative estimate of drug-likeness (QED) is 0.696. The Bertz CT molecular complexity index is 385. The molecule has 0 aliphatic carbocycles. The molecule has 0 atom stereocenters. The van der Waals surface area contributed by atoms with Crippen molar-refractivity contribution in [2.75, 3.05) is 6.54 Å². The predicted octanol–water partition coefficient (Wildman–Crippen LogP) is -0.579. The molecule has 7 nitrogen and oxygen atoms in total. The topological polar surface area (TPSA) is 97.1 Å². The summed E-state index contributed by atoms with van der Waals surface area (Å²) < 4.78 is 1.26. The second-order valence-corrected chi connectivity index (χ2v) is 2.94. The SMILES string of the molecule is CCNC(=O)Cn1nnc(C(=O)O)c1C. The van der Waals surface area contributed by atoms with Gasteiger partial charge in [0.1, 0.15) is 6.54 Å². The Morgan fingerprint density at radius 3 is 2.67 bits per heavy atom. The fourth-order valence-electron chi connectivity index (χ4n) is 1.10. The zero-order chi connectivity index (χ0) is 11.4. The monoisotopic (exact) mass is 212 g/mol. The first-order valence-corrected chi connectivity index (χ1v) is 4.46. The zero-order valence-electron chi connectivity index (χ0n) is 8.52. The van der Waals surface area contributed by atoms with Gasteiger partial charge in [0.05, 0.1) is 5.69 Å². The number of carbonyl (C=O) groups excluding carboxylic acids is 1. The number of carboxylic acids is 1. The molecule has 0 aliphatic heterocycles. The first-order chi connectivity index (χ1) is 7.06. The molecule has 0 unspecified atom stereocenters. The summed E-state index contributed by atoms with van der Waals surface area (Å²) in [5.74, 6) is -1.36. The first-order valence-electron chi connectivity index (χ1n) is 4.46. The Balaban J connectivity index is 2.79. The summed E-state index contributed by atoms with van der Waals surface area (Å²) in [5, 5.41) is 18.3. The maximum atomic E-state index is 11.2. The Morgan fingerprint density at radius 2 is 2.20 bits per heavy atom. The Labute approximate surface area is 86.1 Å². The van der Waals surface area contributed by atoms with Crippen molar-refractivity contribution in [3.8, 4) is 0 Å². The van der Waals surface area contributed by atoms with E-state index in [0.29, 0.717) is 12.2 Å². The van der Waals surface area contributed by atoms with Crippen LogP contribution in [0.4, 0.5) is 0 Å². The van der Waals surface area contributed by atoms with E-state index in [9.17, 15) is 9.59 Å². The molecule has 1 rings (SSSR count). The van der Waals surface area contributed by atoms with Crippen LogP contribution in [0.15, 0.2) is 0 Å². The van der Waals surface area contributed by atoms with Gasteiger partial charge in [-0.15, -0.1) is 5.10 Å². The van der Waals surface area contributed by atoms with Crippen molar-refractivity contribution in [2.24, 2.45) is 0 Å². The minimum Gasteiger partial charge on any atom is -0.476 e. The number of rotatable bonds is 4. The van der Waals surface area contributed by atoms with E-state index in [0.717, 1.165) is 0 Å². The maximum Gasteiger partial charge on any atom is 0.358 e. The summed E-state index contributed by atoms with van der Waals surface area (Å²) in [6.07, 6.45) is 0. The van der Waals surface area contributed by atoms with E-state index in [1.54, 1.807) is 13.8 Å². The number of amides is 1. The van der Waals surface area contributed by atoms with Crippen LogP contribution < -0.4 is 5.32 Å². The number of carboxylic acid groups (broad SMARTS) is 1. The van der Waals surface area contributed by atoms with Crippen molar-refractivity contribution in [3.05, 3.63) is 11.4 Å². The average molecular weight is 212 g/mol. The van der Waals surface area contributed by atoms with Gasteiger partial charge in [0, 0.05) is 6.54 Å². The van der Waals surface area contributed by atoms with Crippen LogP contribution >= 0.6 is 0 Å². The lowest BCUT2D eigenvalue weighted by Gasteiger charge is -2.02. The van der Waals surface area contributed by atoms with E-state index < -0.39 is 5.97 Å². The molecule has 0 aliphatic rings. The second kappa shape index (κ2) is 4.54. The van der Waals surface area contributed by atoms with Gasteiger partial charge in [-0.25, -0.2) is 9.48 Å². The molecule has 1 aromatic rings. The molecule has 1 aromatic heterocycles. The minimum absolute atomic E-state index is 0.0139. The first kappa shape index (κ1) is 11.2. The second-order valence-electron chi connectivity index (χ2n) is 2.94. The highest BCUT2D eigenvalue weighted by Gasteiger charge is 2.16. The van der Waals surface area contributed by atoms with Crippen molar-refractivity contribution in [1.82, 2.24) is 20.3 Å². The van der Waals surface area contributed by atoms with Gasteiger partial charge in [-0.3, -0.25) is 4.79 Å². The van der Waals surface area contributed by atoms with Gasteiger partial charge in [-0.05, 0) is 13.8 Å². The van der Waals surface area contributed by atoms with E-state index in [1.165, 1.54) is 4.68 Å². The van der Waals surface area contributed by atoms with Gasteiger partial charge >= 0.3 is 5.97 Å². The number of hydrogen-bond acceptors (Lipinski definition) is 4. The highest BCUT2D eigenvalue weighted by molar-refractivity contribution is 5.86. The van der Waals surface area contributed by atoms with Crippen LogP contribution in [0.1, 0.15) is 23.1 Å². The van der Waals surface area contributed by atoms with Crippen LogP contribution in [0.2, 0.25) is 0 Å². The van der Waals surface area contributed by atoms with Gasteiger partial charge in [-0.2, -0.15) is 0 Å². The van der Waals surface area contributed by atoms with Gasteiger partial charge in [0.15, 0.2) is 5.69 Å². The van der Waals surface area contributed by atoms with Crippen LogP contribution in [0.5, 0.6) is 0 Å². The molecule has 0 saturated heterocycles. The molecule has 1 amide bonds. The van der Waals surface area contributed by atoms with E-state index in [-0.39, 0.29) is 18.1 Å². The van der Waals surface area contributed by atoms with Gasteiger partial charge in [-0.1, -0.05) is 5.21 Å². The fraction of sp³-hybridized carbons (Fsp3) is 0.500. The van der Waals surface area contributed by atoms with Crippen LogP contribution in [0.25, 0.3) is 0 Å². The lowest BCUT2D eigenvalue weighted by molar-refractivity contribution is -0.121. The molecule has 15 heavy (non-hydrogen) atoms. The van der Waals surface area contributed by atoms with Crippen LogP contribution in [-0.4, -0.2) is 38.5 Å². The van der Waals surface area contributed by atoms with Crippen molar-refractivity contribution >= 4 is 11.9 Å². The van der Waals surface area contributed by atoms with E-state index in [4.69, 9.17) is 5.11 Å². The van der Waals surface area contributed by atoms with Crippen LogP contribution in [0, 0.1) is 6.92 Å². The van der Waals surface area contributed by atoms with Gasteiger partial charge < -0.3 is 10.4 Å². The number of likely N-dealkylation sites (N-methyl/N-ethyl adjacent to an activating group) is 1. The third-order valence-electron chi connectivity index (χ3n) is 1.85. The molecule has 7 heteroatoms. The largest absolute Gasteiger partial charge is 0.476 e. The number of hydrogen-bond donors (Lipinski definition) is 2. The molecule has 1 heterocycles. The van der Waals surface area contributed by atoms with Crippen molar-refractivity contribution in [1.29, 1.82) is 0 Å². The van der Waals surface area contributed by atoms with E-state index >= 15 is 0 Å². The highest BCUT2D eigenvalue weighted by Crippen LogP contribution is 2.02. The summed E-state index contributed by atoms with van der Waals surface area (Å²) >= 11 is 0. The predicted molar refractivity (Wildman–Crippen MR) is 50.4 cm³/mol. The standard InChI is InChI=1S/C8H12N4O3/c1-3-9-6(13)4-12-5(2)7(8(14)15)10-11-12/h3-4H2,1-2H3,(H,9,13)(H,14,15). The number of nitrogens with one attached hydrogen (secondary N) is 1. The maximum absolute atomic E-state index is 11.2. The fourth-order valence-corrected chi connectivity index (χ4v) is 1.10. The van der Waals surface area contributed by atoms with Gasteiger partial charge in [0.2, 0.25) is 5.91 Å². The number of carbonyl (C=O) groups is 2. The highest BCUT2D eigenvalue weighted by atomic mass is 16.4. The van der Waals surface area contributed by atoms with E-state index in [2.05, 4.69) is 15.6 Å². The van der Waals surface area contributed by atoms with Crippen LogP contribution in [-0.2, 0) is 11.3 Å². The Hall–Kier alpha value is -1.92. The third kappa shape index (κ3) is 2.52. The molecule has 0 fully saturated rings. The molecule has 0 radical (unpaired) electrons.